The molecule has 0 unspecified atom stereocenters. The monoisotopic (exact) mass is 410 g/mol. The molecule has 1 heterocycles. The van der Waals surface area contributed by atoms with Crippen LogP contribution in [0.25, 0.3) is 17.1 Å². The molecule has 0 aliphatic carbocycles. The number of nitrogens with zero attached hydrogens (tertiary/aromatic N) is 3. The molecule has 148 valence electrons. The average Bonchev–Trinajstić information content (AvgIpc) is 3.15. The Morgan fingerprint density at radius 3 is 2.69 bits per heavy atom. The lowest BCUT2D eigenvalue weighted by Crippen LogP contribution is -2.25. The SMILES string of the molecule is C#CCNC(=O)CSc1nnc(-c2ccc(OCC)cc2)n1-c1ccccc1F. The fourth-order valence-corrected chi connectivity index (χ4v) is 3.37. The Morgan fingerprint density at radius 1 is 1.24 bits per heavy atom. The summed E-state index contributed by atoms with van der Waals surface area (Å²) in [5.74, 6) is 2.96. The number of terminal acetylenes is 1. The number of carbonyl (C=O) groups is 1. The highest BCUT2D eigenvalue weighted by Crippen LogP contribution is 2.30. The number of aromatic nitrogens is 3. The molecule has 0 aliphatic rings. The van der Waals surface area contributed by atoms with Crippen LogP contribution in [-0.4, -0.2) is 39.6 Å². The van der Waals surface area contributed by atoms with Crippen molar-refractivity contribution in [3.05, 3.63) is 54.3 Å². The highest BCUT2D eigenvalue weighted by atomic mass is 32.2. The number of benzene rings is 2. The van der Waals surface area contributed by atoms with Gasteiger partial charge in [-0.15, -0.1) is 16.6 Å². The van der Waals surface area contributed by atoms with Gasteiger partial charge in [0.1, 0.15) is 11.6 Å². The van der Waals surface area contributed by atoms with Gasteiger partial charge in [0.25, 0.3) is 0 Å². The minimum absolute atomic E-state index is 0.0809. The van der Waals surface area contributed by atoms with E-state index in [1.807, 2.05) is 31.2 Å². The summed E-state index contributed by atoms with van der Waals surface area (Å²) in [5.41, 5.74) is 1.04. The maximum atomic E-state index is 14.6. The molecule has 1 amide bonds. The van der Waals surface area contributed by atoms with E-state index >= 15 is 0 Å². The Bertz CT molecular complexity index is 1030. The first-order valence-corrected chi connectivity index (χ1v) is 9.89. The molecule has 29 heavy (non-hydrogen) atoms. The molecule has 0 aliphatic heterocycles. The van der Waals surface area contributed by atoms with Gasteiger partial charge in [-0.3, -0.25) is 9.36 Å². The maximum Gasteiger partial charge on any atom is 0.231 e. The summed E-state index contributed by atoms with van der Waals surface area (Å²) in [6, 6.07) is 13.7. The molecule has 3 rings (SSSR count). The zero-order valence-electron chi connectivity index (χ0n) is 15.8. The van der Waals surface area contributed by atoms with Gasteiger partial charge in [-0.25, -0.2) is 4.39 Å². The summed E-state index contributed by atoms with van der Waals surface area (Å²) in [7, 11) is 0. The Balaban J connectivity index is 1.96. The topological polar surface area (TPSA) is 69.0 Å². The third-order valence-corrected chi connectivity index (χ3v) is 4.80. The van der Waals surface area contributed by atoms with Gasteiger partial charge in [-0.05, 0) is 43.3 Å². The number of amides is 1. The van der Waals surface area contributed by atoms with Crippen LogP contribution >= 0.6 is 11.8 Å². The van der Waals surface area contributed by atoms with Gasteiger partial charge >= 0.3 is 0 Å². The van der Waals surface area contributed by atoms with Crippen LogP contribution in [0.2, 0.25) is 0 Å². The number of hydrogen-bond acceptors (Lipinski definition) is 5. The minimum Gasteiger partial charge on any atom is -0.494 e. The molecule has 1 aromatic heterocycles. The minimum atomic E-state index is -0.418. The third-order valence-electron chi connectivity index (χ3n) is 3.87. The van der Waals surface area contributed by atoms with E-state index in [1.165, 1.54) is 6.07 Å². The van der Waals surface area contributed by atoms with Gasteiger partial charge in [-0.1, -0.05) is 29.8 Å². The Labute approximate surface area is 172 Å². The number of halogens is 1. The van der Waals surface area contributed by atoms with Crippen LogP contribution in [0.3, 0.4) is 0 Å². The summed E-state index contributed by atoms with van der Waals surface area (Å²) in [5, 5.41) is 11.4. The Hall–Kier alpha value is -3.31. The summed E-state index contributed by atoms with van der Waals surface area (Å²) in [6.07, 6.45) is 5.15. The van der Waals surface area contributed by atoms with Crippen LogP contribution in [0.15, 0.2) is 53.7 Å². The fourth-order valence-electron chi connectivity index (χ4n) is 2.60. The summed E-state index contributed by atoms with van der Waals surface area (Å²) in [4.78, 5) is 11.9. The standard InChI is InChI=1S/C21H19FN4O2S/c1-3-13-23-19(27)14-29-21-25-24-20(15-9-11-16(12-10-15)28-4-2)26(21)18-8-6-5-7-17(18)22/h1,5-12H,4,13-14H2,2H3,(H,23,27). The quantitative estimate of drug-likeness (QED) is 0.456. The zero-order chi connectivity index (χ0) is 20.6. The second-order valence-electron chi connectivity index (χ2n) is 5.82. The summed E-state index contributed by atoms with van der Waals surface area (Å²) in [6.45, 7) is 2.62. The van der Waals surface area contributed by atoms with Gasteiger partial charge in [0, 0.05) is 5.56 Å². The van der Waals surface area contributed by atoms with E-state index in [0.29, 0.717) is 23.3 Å². The predicted molar refractivity (Wildman–Crippen MR) is 110 cm³/mol. The van der Waals surface area contributed by atoms with Gasteiger partial charge in [0.05, 0.1) is 24.6 Å². The van der Waals surface area contributed by atoms with Crippen LogP contribution < -0.4 is 10.1 Å². The number of carbonyl (C=O) groups excluding carboxylic acids is 1. The van der Waals surface area contributed by atoms with E-state index in [1.54, 1.807) is 22.8 Å². The Kier molecular flexibility index (Phi) is 6.87. The van der Waals surface area contributed by atoms with E-state index < -0.39 is 5.82 Å². The average molecular weight is 410 g/mol. The van der Waals surface area contributed by atoms with Gasteiger partial charge in [-0.2, -0.15) is 0 Å². The molecule has 2 aromatic carbocycles. The van der Waals surface area contributed by atoms with Gasteiger partial charge < -0.3 is 10.1 Å². The number of rotatable bonds is 8. The van der Waals surface area contributed by atoms with E-state index in [2.05, 4.69) is 21.4 Å². The first-order valence-electron chi connectivity index (χ1n) is 8.90. The molecule has 0 fully saturated rings. The zero-order valence-corrected chi connectivity index (χ0v) is 16.6. The lowest BCUT2D eigenvalue weighted by Gasteiger charge is -2.11. The van der Waals surface area contributed by atoms with Crippen molar-refractivity contribution in [2.45, 2.75) is 12.1 Å². The molecule has 0 spiro atoms. The van der Waals surface area contributed by atoms with E-state index in [4.69, 9.17) is 11.2 Å². The number of nitrogens with one attached hydrogen (secondary N) is 1. The van der Waals surface area contributed by atoms with E-state index in [0.717, 1.165) is 23.1 Å². The normalized spacial score (nSPS) is 10.4. The summed E-state index contributed by atoms with van der Waals surface area (Å²) >= 11 is 1.15. The molecule has 0 saturated heterocycles. The van der Waals surface area contributed by atoms with Crippen molar-refractivity contribution in [3.8, 4) is 35.2 Å². The van der Waals surface area contributed by atoms with Crippen molar-refractivity contribution < 1.29 is 13.9 Å². The summed E-state index contributed by atoms with van der Waals surface area (Å²) < 4.78 is 21.6. The molecule has 0 saturated carbocycles. The molecule has 8 heteroatoms. The van der Waals surface area contributed by atoms with Crippen LogP contribution in [0.1, 0.15) is 6.92 Å². The van der Waals surface area contributed by atoms with Crippen molar-refractivity contribution in [3.63, 3.8) is 0 Å². The number of thioether (sulfide) groups is 1. The van der Waals surface area contributed by atoms with E-state index in [-0.39, 0.29) is 18.2 Å². The number of hydrogen-bond donors (Lipinski definition) is 1. The first-order chi connectivity index (χ1) is 14.1. The van der Waals surface area contributed by atoms with Crippen molar-refractivity contribution in [2.75, 3.05) is 18.9 Å². The Morgan fingerprint density at radius 2 is 2.00 bits per heavy atom. The van der Waals surface area contributed by atoms with Crippen molar-refractivity contribution in [1.29, 1.82) is 0 Å². The highest BCUT2D eigenvalue weighted by Gasteiger charge is 2.19. The largest absolute Gasteiger partial charge is 0.494 e. The lowest BCUT2D eigenvalue weighted by molar-refractivity contribution is -0.118. The molecule has 0 radical (unpaired) electrons. The number of para-hydroxylation sites is 1. The van der Waals surface area contributed by atoms with Crippen molar-refractivity contribution >= 4 is 17.7 Å². The van der Waals surface area contributed by atoms with Crippen LogP contribution in [0.4, 0.5) is 4.39 Å². The van der Waals surface area contributed by atoms with E-state index in [9.17, 15) is 9.18 Å². The second kappa shape index (κ2) is 9.75. The molecule has 3 aromatic rings. The van der Waals surface area contributed by atoms with Crippen LogP contribution in [0, 0.1) is 18.2 Å². The smallest absolute Gasteiger partial charge is 0.231 e. The number of ether oxygens (including phenoxy) is 1. The maximum absolute atomic E-state index is 14.6. The fraction of sp³-hybridized carbons (Fsp3) is 0.190. The molecule has 0 bridgehead atoms. The second-order valence-corrected chi connectivity index (χ2v) is 6.76. The third kappa shape index (κ3) is 4.95. The molecule has 1 N–H and O–H groups in total. The predicted octanol–water partition coefficient (Wildman–Crippen LogP) is 3.31. The first kappa shape index (κ1) is 20.4. The van der Waals surface area contributed by atoms with Gasteiger partial charge in [0.15, 0.2) is 11.0 Å². The lowest BCUT2D eigenvalue weighted by atomic mass is 10.2. The molecule has 0 atom stereocenters. The highest BCUT2D eigenvalue weighted by molar-refractivity contribution is 7.99. The molecule has 6 nitrogen and oxygen atoms in total. The molecular weight excluding hydrogens is 391 g/mol. The van der Waals surface area contributed by atoms with Crippen molar-refractivity contribution in [1.82, 2.24) is 20.1 Å². The molecular formula is C21H19FN4O2S. The van der Waals surface area contributed by atoms with Crippen molar-refractivity contribution in [2.24, 2.45) is 0 Å². The van der Waals surface area contributed by atoms with Crippen LogP contribution in [-0.2, 0) is 4.79 Å². The van der Waals surface area contributed by atoms with Crippen LogP contribution in [0.5, 0.6) is 5.75 Å². The van der Waals surface area contributed by atoms with Gasteiger partial charge in [0.2, 0.25) is 5.91 Å².